The lowest BCUT2D eigenvalue weighted by molar-refractivity contribution is 0.628. The minimum Gasteiger partial charge on any atom is -0.324 e. The van der Waals surface area contributed by atoms with Crippen molar-refractivity contribution in [2.45, 2.75) is 6.92 Å². The van der Waals surface area contributed by atoms with Crippen molar-refractivity contribution in [1.82, 2.24) is 15.2 Å². The first kappa shape index (κ1) is 11.5. The third-order valence-electron chi connectivity index (χ3n) is 2.04. The van der Waals surface area contributed by atoms with Crippen LogP contribution in [-0.2, 0) is 0 Å². The number of aryl methyl sites for hydroxylation is 1. The van der Waals surface area contributed by atoms with E-state index in [-0.39, 0.29) is 22.2 Å². The van der Waals surface area contributed by atoms with Gasteiger partial charge in [-0.2, -0.15) is 0 Å². The molecule has 1 aromatic carbocycles. The summed E-state index contributed by atoms with van der Waals surface area (Å²) in [6, 6.07) is 4.07. The smallest absolute Gasteiger partial charge is 0.273 e. The highest BCUT2D eigenvalue weighted by Gasteiger charge is 2.03. The molecule has 1 heterocycles. The minimum absolute atomic E-state index is 0.0163. The van der Waals surface area contributed by atoms with Crippen molar-refractivity contribution in [3.63, 3.8) is 0 Å². The molecule has 0 aliphatic heterocycles. The van der Waals surface area contributed by atoms with Crippen LogP contribution in [0, 0.1) is 12.7 Å². The Morgan fingerprint density at radius 3 is 2.82 bits per heavy atom. The van der Waals surface area contributed by atoms with E-state index in [9.17, 15) is 9.18 Å². The van der Waals surface area contributed by atoms with Crippen LogP contribution in [0.15, 0.2) is 23.0 Å². The number of benzene rings is 1. The van der Waals surface area contributed by atoms with Gasteiger partial charge in [0, 0.05) is 5.69 Å². The summed E-state index contributed by atoms with van der Waals surface area (Å²) in [6.45, 7) is 1.55. The SMILES string of the molecule is Cc1nnc(Nc2ccc(F)c(Cl)c2)[nH]c1=O. The van der Waals surface area contributed by atoms with E-state index in [0.717, 1.165) is 0 Å². The van der Waals surface area contributed by atoms with Gasteiger partial charge in [0.2, 0.25) is 5.95 Å². The van der Waals surface area contributed by atoms with Gasteiger partial charge in [0.1, 0.15) is 11.5 Å². The molecule has 17 heavy (non-hydrogen) atoms. The topological polar surface area (TPSA) is 70.7 Å². The van der Waals surface area contributed by atoms with Crippen LogP contribution in [0.3, 0.4) is 0 Å². The number of hydrogen-bond acceptors (Lipinski definition) is 4. The van der Waals surface area contributed by atoms with E-state index in [2.05, 4.69) is 20.5 Å². The van der Waals surface area contributed by atoms with Crippen molar-refractivity contribution in [3.8, 4) is 0 Å². The van der Waals surface area contributed by atoms with Crippen LogP contribution in [0.1, 0.15) is 5.69 Å². The fraction of sp³-hybridized carbons (Fsp3) is 0.100. The number of halogens is 2. The molecule has 0 saturated carbocycles. The molecular formula is C10H8ClFN4O. The van der Waals surface area contributed by atoms with Crippen molar-refractivity contribution in [1.29, 1.82) is 0 Å². The number of aromatic nitrogens is 3. The quantitative estimate of drug-likeness (QED) is 0.860. The number of hydrogen-bond donors (Lipinski definition) is 2. The maximum Gasteiger partial charge on any atom is 0.273 e. The maximum absolute atomic E-state index is 12.9. The molecule has 2 rings (SSSR count). The molecule has 0 bridgehead atoms. The molecule has 0 radical (unpaired) electrons. The Morgan fingerprint density at radius 1 is 1.41 bits per heavy atom. The molecule has 0 atom stereocenters. The molecule has 0 fully saturated rings. The van der Waals surface area contributed by atoms with E-state index in [1.165, 1.54) is 18.2 Å². The van der Waals surface area contributed by atoms with Crippen molar-refractivity contribution in [2.75, 3.05) is 5.32 Å². The van der Waals surface area contributed by atoms with Crippen molar-refractivity contribution in [3.05, 3.63) is 45.1 Å². The van der Waals surface area contributed by atoms with E-state index in [1.807, 2.05) is 0 Å². The van der Waals surface area contributed by atoms with Gasteiger partial charge < -0.3 is 5.32 Å². The molecular weight excluding hydrogens is 247 g/mol. The van der Waals surface area contributed by atoms with Gasteiger partial charge in [0.15, 0.2) is 0 Å². The highest BCUT2D eigenvalue weighted by molar-refractivity contribution is 6.31. The van der Waals surface area contributed by atoms with E-state index in [4.69, 9.17) is 11.6 Å². The largest absolute Gasteiger partial charge is 0.324 e. The molecule has 0 aliphatic carbocycles. The standard InChI is InChI=1S/C10H8ClFN4O/c1-5-9(17)14-10(16-15-5)13-6-2-3-8(12)7(11)4-6/h2-4H,1H3,(H2,13,14,16,17). The lowest BCUT2D eigenvalue weighted by Gasteiger charge is -2.05. The molecule has 0 spiro atoms. The van der Waals surface area contributed by atoms with E-state index < -0.39 is 5.82 Å². The monoisotopic (exact) mass is 254 g/mol. The molecule has 2 N–H and O–H groups in total. The Bertz CT molecular complexity index is 613. The zero-order valence-corrected chi connectivity index (χ0v) is 9.55. The van der Waals surface area contributed by atoms with E-state index in [0.29, 0.717) is 5.69 Å². The van der Waals surface area contributed by atoms with Crippen LogP contribution in [0.5, 0.6) is 0 Å². The van der Waals surface area contributed by atoms with Crippen molar-refractivity contribution >= 4 is 23.2 Å². The predicted octanol–water partition coefficient (Wildman–Crippen LogP) is 2.01. The van der Waals surface area contributed by atoms with Gasteiger partial charge in [-0.3, -0.25) is 9.78 Å². The first-order chi connectivity index (χ1) is 8.06. The molecule has 0 amide bonds. The molecule has 2 aromatic rings. The highest BCUT2D eigenvalue weighted by atomic mass is 35.5. The Hall–Kier alpha value is -1.95. The van der Waals surface area contributed by atoms with Crippen molar-refractivity contribution < 1.29 is 4.39 Å². The number of anilines is 2. The fourth-order valence-electron chi connectivity index (χ4n) is 1.16. The number of nitrogens with zero attached hydrogens (tertiary/aromatic N) is 2. The molecule has 0 unspecified atom stereocenters. The van der Waals surface area contributed by atoms with Crippen LogP contribution in [0.2, 0.25) is 5.02 Å². The zero-order chi connectivity index (χ0) is 12.4. The van der Waals surface area contributed by atoms with Gasteiger partial charge in [-0.05, 0) is 25.1 Å². The number of aromatic amines is 1. The van der Waals surface area contributed by atoms with Gasteiger partial charge >= 0.3 is 0 Å². The average Bonchev–Trinajstić information content (AvgIpc) is 2.29. The Labute approximate surface area is 101 Å². The first-order valence-corrected chi connectivity index (χ1v) is 5.10. The van der Waals surface area contributed by atoms with Gasteiger partial charge in [0.05, 0.1) is 5.02 Å². The summed E-state index contributed by atoms with van der Waals surface area (Å²) in [5.41, 5.74) is 0.439. The fourth-order valence-corrected chi connectivity index (χ4v) is 1.34. The Kier molecular flexibility index (Phi) is 3.06. The van der Waals surface area contributed by atoms with Gasteiger partial charge in [0.25, 0.3) is 5.56 Å². The normalized spacial score (nSPS) is 10.3. The highest BCUT2D eigenvalue weighted by Crippen LogP contribution is 2.20. The van der Waals surface area contributed by atoms with E-state index in [1.54, 1.807) is 6.92 Å². The summed E-state index contributed by atoms with van der Waals surface area (Å²) < 4.78 is 12.9. The maximum atomic E-state index is 12.9. The number of H-pyrrole nitrogens is 1. The lowest BCUT2D eigenvalue weighted by Crippen LogP contribution is -2.15. The number of rotatable bonds is 2. The second-order valence-corrected chi connectivity index (χ2v) is 3.75. The molecule has 1 aromatic heterocycles. The molecule has 88 valence electrons. The van der Waals surface area contributed by atoms with E-state index >= 15 is 0 Å². The second-order valence-electron chi connectivity index (χ2n) is 3.34. The third kappa shape index (κ3) is 2.59. The minimum atomic E-state index is -0.513. The summed E-state index contributed by atoms with van der Waals surface area (Å²) in [4.78, 5) is 13.7. The summed E-state index contributed by atoms with van der Waals surface area (Å²) in [5, 5.41) is 10.1. The van der Waals surface area contributed by atoms with Crippen LogP contribution >= 0.6 is 11.6 Å². The van der Waals surface area contributed by atoms with Gasteiger partial charge in [-0.15, -0.1) is 10.2 Å². The summed E-state index contributed by atoms with van der Waals surface area (Å²) >= 11 is 5.61. The predicted molar refractivity (Wildman–Crippen MR) is 62.1 cm³/mol. The van der Waals surface area contributed by atoms with Crippen LogP contribution in [-0.4, -0.2) is 15.2 Å². The summed E-state index contributed by atoms with van der Waals surface area (Å²) in [6.07, 6.45) is 0. The Balaban J connectivity index is 2.28. The molecule has 0 saturated heterocycles. The molecule has 5 nitrogen and oxygen atoms in total. The van der Waals surface area contributed by atoms with Gasteiger partial charge in [-0.1, -0.05) is 11.6 Å². The Morgan fingerprint density at radius 2 is 2.18 bits per heavy atom. The van der Waals surface area contributed by atoms with Crippen LogP contribution in [0.4, 0.5) is 16.0 Å². The second kappa shape index (κ2) is 4.50. The van der Waals surface area contributed by atoms with Gasteiger partial charge in [-0.25, -0.2) is 4.39 Å². The summed E-state index contributed by atoms with van der Waals surface area (Å²) in [7, 11) is 0. The van der Waals surface area contributed by atoms with Crippen molar-refractivity contribution in [2.24, 2.45) is 0 Å². The van der Waals surface area contributed by atoms with Crippen LogP contribution < -0.4 is 10.9 Å². The third-order valence-corrected chi connectivity index (χ3v) is 2.33. The lowest BCUT2D eigenvalue weighted by atomic mass is 10.3. The molecule has 7 heteroatoms. The summed E-state index contributed by atoms with van der Waals surface area (Å²) in [5.74, 6) is -0.344. The zero-order valence-electron chi connectivity index (χ0n) is 8.79. The first-order valence-electron chi connectivity index (χ1n) is 4.72. The van der Waals surface area contributed by atoms with Crippen LogP contribution in [0.25, 0.3) is 0 Å². The average molecular weight is 255 g/mol. The molecule has 0 aliphatic rings. The number of nitrogens with one attached hydrogen (secondary N) is 2.